The van der Waals surface area contributed by atoms with E-state index in [2.05, 4.69) is 60.0 Å². The second-order valence-corrected chi connectivity index (χ2v) is 6.09. The van der Waals surface area contributed by atoms with Crippen molar-refractivity contribution >= 4 is 36.2 Å². The Hall–Kier alpha value is -1.04. The summed E-state index contributed by atoms with van der Waals surface area (Å²) < 4.78 is 0. The van der Waals surface area contributed by atoms with Crippen LogP contribution in [0.25, 0.3) is 10.9 Å². The monoisotopic (exact) mass is 337 g/mol. The second-order valence-electron chi connectivity index (χ2n) is 5.19. The number of fused-ring (bicyclic) bond motifs is 1. The first kappa shape index (κ1) is 19.0. The lowest BCUT2D eigenvalue weighted by Crippen LogP contribution is -2.18. The maximum atomic E-state index is 5.53. The number of allylic oxidation sites excluding steroid dienone is 1. The molecule has 0 bridgehead atoms. The molecule has 0 radical (unpaired) electrons. The number of hydrogen-bond donors (Lipinski definition) is 5. The van der Waals surface area contributed by atoms with Crippen LogP contribution >= 0.6 is 25.3 Å². The van der Waals surface area contributed by atoms with Gasteiger partial charge in [-0.25, -0.2) is 0 Å². The molecule has 1 unspecified atom stereocenters. The van der Waals surface area contributed by atoms with Crippen LogP contribution in [0.1, 0.15) is 19.4 Å². The third kappa shape index (κ3) is 6.81. The molecule has 3 nitrogen and oxygen atoms in total. The number of nitrogens with one attached hydrogen (secondary N) is 2. The van der Waals surface area contributed by atoms with E-state index in [0.717, 1.165) is 30.2 Å². The van der Waals surface area contributed by atoms with E-state index in [9.17, 15) is 0 Å². The number of H-pyrrole nitrogens is 1. The highest BCUT2D eigenvalue weighted by Crippen LogP contribution is 2.17. The summed E-state index contributed by atoms with van der Waals surface area (Å²) in [6, 6.07) is 8.48. The zero-order chi connectivity index (χ0) is 16.4. The van der Waals surface area contributed by atoms with E-state index < -0.39 is 0 Å². The van der Waals surface area contributed by atoms with Crippen molar-refractivity contribution in [2.24, 2.45) is 5.73 Å². The second kappa shape index (κ2) is 10.6. The van der Waals surface area contributed by atoms with Crippen molar-refractivity contribution in [1.82, 2.24) is 10.3 Å². The number of aromatic nitrogens is 1. The Balaban J connectivity index is 0.000000225. The van der Waals surface area contributed by atoms with Crippen molar-refractivity contribution in [1.29, 1.82) is 0 Å². The molecule has 0 fully saturated rings. The fraction of sp³-hybridized carbons (Fsp3) is 0.412. The summed E-state index contributed by atoms with van der Waals surface area (Å²) in [6.07, 6.45) is 5.09. The topological polar surface area (TPSA) is 53.8 Å². The maximum Gasteiger partial charge on any atom is 0.0456 e. The van der Waals surface area contributed by atoms with Gasteiger partial charge in [0.25, 0.3) is 0 Å². The van der Waals surface area contributed by atoms with Gasteiger partial charge in [-0.1, -0.05) is 18.2 Å². The Morgan fingerprint density at radius 1 is 1.32 bits per heavy atom. The van der Waals surface area contributed by atoms with Gasteiger partial charge in [0.05, 0.1) is 0 Å². The molecule has 2 rings (SSSR count). The van der Waals surface area contributed by atoms with Crippen LogP contribution in [0.4, 0.5) is 0 Å². The van der Waals surface area contributed by atoms with Crippen LogP contribution in [0.3, 0.4) is 0 Å². The van der Waals surface area contributed by atoms with Crippen LogP contribution < -0.4 is 11.1 Å². The first-order chi connectivity index (χ1) is 10.6. The molecule has 0 aliphatic heterocycles. The van der Waals surface area contributed by atoms with Crippen molar-refractivity contribution in [2.45, 2.75) is 26.3 Å². The zero-order valence-corrected chi connectivity index (χ0v) is 15.1. The molecule has 1 atom stereocenters. The Morgan fingerprint density at radius 3 is 2.68 bits per heavy atom. The maximum absolute atomic E-state index is 5.53. The van der Waals surface area contributed by atoms with E-state index in [1.54, 1.807) is 0 Å². The zero-order valence-electron chi connectivity index (χ0n) is 13.3. The van der Waals surface area contributed by atoms with Gasteiger partial charge in [-0.2, -0.15) is 25.3 Å². The smallest absolute Gasteiger partial charge is 0.0456 e. The number of aromatic amines is 1. The van der Waals surface area contributed by atoms with Crippen molar-refractivity contribution in [3.63, 3.8) is 0 Å². The number of para-hydroxylation sites is 1. The highest BCUT2D eigenvalue weighted by molar-refractivity contribution is 7.80. The van der Waals surface area contributed by atoms with Gasteiger partial charge in [0.1, 0.15) is 0 Å². The molecule has 0 aliphatic carbocycles. The molecule has 0 saturated heterocycles. The third-order valence-electron chi connectivity index (χ3n) is 3.08. The fourth-order valence-corrected chi connectivity index (χ4v) is 2.52. The molecule has 1 aromatic heterocycles. The normalized spacial score (nSPS) is 12.7. The molecule has 1 heterocycles. The fourth-order valence-electron chi connectivity index (χ4n) is 2.17. The quantitative estimate of drug-likeness (QED) is 0.525. The van der Waals surface area contributed by atoms with E-state index in [4.69, 9.17) is 5.73 Å². The molecule has 5 heteroatoms. The Kier molecular flexibility index (Phi) is 9.20. The van der Waals surface area contributed by atoms with E-state index in [-0.39, 0.29) is 6.04 Å². The van der Waals surface area contributed by atoms with Gasteiger partial charge < -0.3 is 16.0 Å². The number of nitrogens with two attached hydrogens (primary N) is 1. The van der Waals surface area contributed by atoms with Gasteiger partial charge >= 0.3 is 0 Å². The number of thiol groups is 2. The average molecular weight is 338 g/mol. The summed E-state index contributed by atoms with van der Waals surface area (Å²) in [6.45, 7) is 4.86. The molecule has 122 valence electrons. The molecule has 0 spiro atoms. The lowest BCUT2D eigenvalue weighted by molar-refractivity contribution is 0.826. The predicted octanol–water partition coefficient (Wildman–Crippen LogP) is 3.40. The molecular formula is C17H27N3S2. The van der Waals surface area contributed by atoms with Crippen LogP contribution in [0, 0.1) is 0 Å². The summed E-state index contributed by atoms with van der Waals surface area (Å²) in [5.41, 5.74) is 9.24. The van der Waals surface area contributed by atoms with Crippen molar-refractivity contribution in [3.05, 3.63) is 47.8 Å². The van der Waals surface area contributed by atoms with Gasteiger partial charge in [-0.3, -0.25) is 0 Å². The Bertz CT molecular complexity index is 576. The van der Waals surface area contributed by atoms with E-state index >= 15 is 0 Å². The minimum atomic E-state index is 0.132. The van der Waals surface area contributed by atoms with E-state index in [1.165, 1.54) is 16.5 Å². The largest absolute Gasteiger partial charge is 0.388 e. The van der Waals surface area contributed by atoms with Crippen LogP contribution in [-0.2, 0) is 6.42 Å². The number of hydrogen-bond acceptors (Lipinski definition) is 4. The molecule has 22 heavy (non-hydrogen) atoms. The first-order valence-electron chi connectivity index (χ1n) is 7.53. The highest BCUT2D eigenvalue weighted by Gasteiger charge is 2.00. The Morgan fingerprint density at radius 2 is 2.05 bits per heavy atom. The van der Waals surface area contributed by atoms with Gasteiger partial charge in [0, 0.05) is 41.1 Å². The summed E-state index contributed by atoms with van der Waals surface area (Å²) in [5, 5.41) is 4.49. The van der Waals surface area contributed by atoms with Gasteiger partial charge in [-0.05, 0) is 43.7 Å². The molecule has 4 N–H and O–H groups in total. The number of aryl methyl sites for hydroxylation is 1. The van der Waals surface area contributed by atoms with Crippen LogP contribution in [0.15, 0.2) is 42.2 Å². The van der Waals surface area contributed by atoms with Gasteiger partial charge in [0.15, 0.2) is 0 Å². The predicted molar refractivity (Wildman–Crippen MR) is 105 cm³/mol. The van der Waals surface area contributed by atoms with Crippen molar-refractivity contribution in [3.8, 4) is 0 Å². The van der Waals surface area contributed by atoms with Gasteiger partial charge in [-0.15, -0.1) is 0 Å². The third-order valence-corrected chi connectivity index (χ3v) is 3.53. The lowest BCUT2D eigenvalue weighted by Gasteiger charge is -2.05. The molecule has 1 aromatic carbocycles. The number of rotatable bonds is 6. The summed E-state index contributed by atoms with van der Waals surface area (Å²) in [5.74, 6) is 1.76. The molecule has 0 saturated carbocycles. The molecule has 2 aromatic rings. The highest BCUT2D eigenvalue weighted by atomic mass is 32.1. The van der Waals surface area contributed by atoms with Crippen molar-refractivity contribution < 1.29 is 0 Å². The standard InChI is InChI=1S/C10H11NS.C7H16N2S/c12-6-5-8-7-11-10-4-2-1-3-9(8)10;1-6(8)5-7(2)9-3-4-10/h1-4,7,11-12H,5-6H2;5-6,9-10H,3-4,8H2,1-2H3/b;7-5-. The van der Waals surface area contributed by atoms with Gasteiger partial charge in [0.2, 0.25) is 0 Å². The SMILES string of the molecule is C/C(=C/C(C)N)NCCS.SCCc1c[nH]c2ccccc12. The summed E-state index contributed by atoms with van der Waals surface area (Å²) >= 11 is 8.28. The minimum Gasteiger partial charge on any atom is -0.388 e. The summed E-state index contributed by atoms with van der Waals surface area (Å²) in [7, 11) is 0. The molecular weight excluding hydrogens is 310 g/mol. The van der Waals surface area contributed by atoms with Crippen LogP contribution in [0.5, 0.6) is 0 Å². The summed E-state index contributed by atoms with van der Waals surface area (Å²) in [4.78, 5) is 3.24. The molecule has 0 amide bonds. The lowest BCUT2D eigenvalue weighted by atomic mass is 10.1. The van der Waals surface area contributed by atoms with Crippen LogP contribution in [-0.4, -0.2) is 29.1 Å². The van der Waals surface area contributed by atoms with E-state index in [1.807, 2.05) is 26.0 Å². The van der Waals surface area contributed by atoms with Crippen molar-refractivity contribution in [2.75, 3.05) is 18.1 Å². The minimum absolute atomic E-state index is 0.132. The Labute approximate surface area is 144 Å². The van der Waals surface area contributed by atoms with Crippen LogP contribution in [0.2, 0.25) is 0 Å². The van der Waals surface area contributed by atoms with E-state index in [0.29, 0.717) is 0 Å². The first-order valence-corrected chi connectivity index (χ1v) is 8.79. The molecule has 0 aliphatic rings. The average Bonchev–Trinajstić information content (AvgIpc) is 2.89. The number of benzene rings is 1.